The molecule has 0 amide bonds. The second kappa shape index (κ2) is 4.05. The lowest BCUT2D eigenvalue weighted by atomic mass is 10.3. The van der Waals surface area contributed by atoms with Crippen LogP contribution in [-0.2, 0) is 6.61 Å². The summed E-state index contributed by atoms with van der Waals surface area (Å²) in [6.45, 7) is 0.557. The Morgan fingerprint density at radius 1 is 1.23 bits per heavy atom. The minimum atomic E-state index is 0.557. The van der Waals surface area contributed by atoms with Crippen molar-refractivity contribution in [2.75, 3.05) is 0 Å². The van der Waals surface area contributed by atoms with Crippen LogP contribution in [0.4, 0.5) is 0 Å². The summed E-state index contributed by atoms with van der Waals surface area (Å²) in [5.41, 5.74) is 0. The first-order valence-corrected chi connectivity index (χ1v) is 4.89. The molecule has 0 aliphatic carbocycles. The Morgan fingerprint density at radius 2 is 2.08 bits per heavy atom. The highest BCUT2D eigenvalue weighted by Gasteiger charge is 1.95. The fraction of sp³-hybridized carbons (Fsp3) is 0.100. The van der Waals surface area contributed by atoms with E-state index in [9.17, 15) is 0 Å². The Kier molecular flexibility index (Phi) is 2.57. The number of benzene rings is 1. The first-order chi connectivity index (χ1) is 6.45. The van der Waals surface area contributed by atoms with Gasteiger partial charge in [-0.3, -0.25) is 0 Å². The number of hydrogen-bond acceptors (Lipinski definition) is 3. The number of para-hydroxylation sites is 1. The van der Waals surface area contributed by atoms with Crippen LogP contribution in [0.3, 0.4) is 0 Å². The monoisotopic (exact) mass is 191 g/mol. The van der Waals surface area contributed by atoms with Crippen molar-refractivity contribution < 1.29 is 4.74 Å². The van der Waals surface area contributed by atoms with Crippen LogP contribution in [0, 0.1) is 0 Å². The molecule has 0 fully saturated rings. The van der Waals surface area contributed by atoms with E-state index < -0.39 is 0 Å². The average Bonchev–Trinajstić information content (AvgIpc) is 2.69. The molecule has 13 heavy (non-hydrogen) atoms. The smallest absolute Gasteiger partial charge is 0.140 e. The van der Waals surface area contributed by atoms with Crippen molar-refractivity contribution in [1.82, 2.24) is 4.98 Å². The Bertz CT molecular complexity index is 344. The lowest BCUT2D eigenvalue weighted by Crippen LogP contribution is -1.93. The summed E-state index contributed by atoms with van der Waals surface area (Å²) in [7, 11) is 0. The first-order valence-electron chi connectivity index (χ1n) is 4.01. The van der Waals surface area contributed by atoms with Crippen LogP contribution < -0.4 is 4.74 Å². The van der Waals surface area contributed by atoms with Crippen LogP contribution >= 0.6 is 11.3 Å². The van der Waals surface area contributed by atoms with Gasteiger partial charge in [-0.1, -0.05) is 18.2 Å². The highest BCUT2D eigenvalue weighted by Crippen LogP contribution is 2.12. The van der Waals surface area contributed by atoms with Gasteiger partial charge in [0.15, 0.2) is 0 Å². The highest BCUT2D eigenvalue weighted by atomic mass is 32.1. The molecule has 3 heteroatoms. The van der Waals surface area contributed by atoms with Crippen molar-refractivity contribution in [2.24, 2.45) is 0 Å². The van der Waals surface area contributed by atoms with Crippen LogP contribution in [0.2, 0.25) is 0 Å². The summed E-state index contributed by atoms with van der Waals surface area (Å²) in [6.07, 6.45) is 1.79. The molecule has 66 valence electrons. The van der Waals surface area contributed by atoms with E-state index in [1.54, 1.807) is 17.5 Å². The Hall–Kier alpha value is -1.35. The van der Waals surface area contributed by atoms with Crippen LogP contribution in [0.15, 0.2) is 41.9 Å². The molecule has 0 aliphatic heterocycles. The highest BCUT2D eigenvalue weighted by molar-refractivity contribution is 7.09. The topological polar surface area (TPSA) is 22.1 Å². The van der Waals surface area contributed by atoms with Crippen molar-refractivity contribution >= 4 is 11.3 Å². The van der Waals surface area contributed by atoms with Crippen molar-refractivity contribution in [3.63, 3.8) is 0 Å². The maximum absolute atomic E-state index is 5.50. The predicted octanol–water partition coefficient (Wildman–Crippen LogP) is 2.72. The van der Waals surface area contributed by atoms with Gasteiger partial charge in [0.25, 0.3) is 0 Å². The quantitative estimate of drug-likeness (QED) is 0.744. The summed E-state index contributed by atoms with van der Waals surface area (Å²) < 4.78 is 5.50. The molecule has 1 heterocycles. The van der Waals surface area contributed by atoms with E-state index in [1.807, 2.05) is 35.7 Å². The summed E-state index contributed by atoms with van der Waals surface area (Å²) >= 11 is 1.61. The van der Waals surface area contributed by atoms with Crippen LogP contribution in [0.1, 0.15) is 5.01 Å². The fourth-order valence-electron chi connectivity index (χ4n) is 0.986. The van der Waals surface area contributed by atoms with Gasteiger partial charge in [0.2, 0.25) is 0 Å². The zero-order valence-corrected chi connectivity index (χ0v) is 7.83. The molecule has 0 spiro atoms. The van der Waals surface area contributed by atoms with Crippen LogP contribution in [0.5, 0.6) is 5.75 Å². The molecule has 2 nitrogen and oxygen atoms in total. The van der Waals surface area contributed by atoms with E-state index in [-0.39, 0.29) is 0 Å². The van der Waals surface area contributed by atoms with Gasteiger partial charge >= 0.3 is 0 Å². The molecule has 0 saturated carbocycles. The Balaban J connectivity index is 1.94. The van der Waals surface area contributed by atoms with Gasteiger partial charge in [-0.2, -0.15) is 0 Å². The van der Waals surface area contributed by atoms with Crippen LogP contribution in [0.25, 0.3) is 0 Å². The third-order valence-corrected chi connectivity index (χ3v) is 2.34. The number of ether oxygens (including phenoxy) is 1. The van der Waals surface area contributed by atoms with Gasteiger partial charge < -0.3 is 4.74 Å². The number of thiazole rings is 1. The molecule has 0 bridgehead atoms. The van der Waals surface area contributed by atoms with Crippen molar-refractivity contribution in [3.8, 4) is 5.75 Å². The van der Waals surface area contributed by atoms with E-state index >= 15 is 0 Å². The van der Waals surface area contributed by atoms with Gasteiger partial charge in [-0.15, -0.1) is 11.3 Å². The lowest BCUT2D eigenvalue weighted by molar-refractivity contribution is 0.305. The molecule has 0 saturated heterocycles. The second-order valence-corrected chi connectivity index (χ2v) is 3.51. The predicted molar refractivity (Wildman–Crippen MR) is 52.9 cm³/mol. The van der Waals surface area contributed by atoms with Gasteiger partial charge in [0.1, 0.15) is 17.4 Å². The molecule has 0 atom stereocenters. The van der Waals surface area contributed by atoms with E-state index in [4.69, 9.17) is 4.74 Å². The molecule has 2 aromatic rings. The largest absolute Gasteiger partial charge is 0.486 e. The van der Waals surface area contributed by atoms with Crippen molar-refractivity contribution in [2.45, 2.75) is 6.61 Å². The fourth-order valence-corrected chi connectivity index (χ4v) is 1.51. The SMILES string of the molecule is c1ccc(OCc2nccs2)cc1. The van der Waals surface area contributed by atoms with Gasteiger partial charge in [0.05, 0.1) is 0 Å². The minimum absolute atomic E-state index is 0.557. The lowest BCUT2D eigenvalue weighted by Gasteiger charge is -2.02. The maximum atomic E-state index is 5.50. The zero-order valence-electron chi connectivity index (χ0n) is 7.01. The van der Waals surface area contributed by atoms with Crippen molar-refractivity contribution in [1.29, 1.82) is 0 Å². The Morgan fingerprint density at radius 3 is 2.77 bits per heavy atom. The van der Waals surface area contributed by atoms with Gasteiger partial charge in [-0.05, 0) is 12.1 Å². The minimum Gasteiger partial charge on any atom is -0.486 e. The first kappa shape index (κ1) is 8.26. The molecular formula is C10H9NOS. The number of nitrogens with zero attached hydrogens (tertiary/aromatic N) is 1. The number of rotatable bonds is 3. The van der Waals surface area contributed by atoms with Gasteiger partial charge in [0, 0.05) is 11.6 Å². The molecule has 1 aromatic heterocycles. The molecule has 2 rings (SSSR count). The second-order valence-electron chi connectivity index (χ2n) is 2.53. The Labute approximate surface area is 80.8 Å². The molecule has 1 aromatic carbocycles. The normalized spacial score (nSPS) is 9.85. The van der Waals surface area contributed by atoms with E-state index in [0.29, 0.717) is 6.61 Å². The standard InChI is InChI=1S/C10H9NOS/c1-2-4-9(5-3-1)12-8-10-11-6-7-13-10/h1-7H,8H2. The number of aromatic nitrogens is 1. The van der Waals surface area contributed by atoms with E-state index in [0.717, 1.165) is 10.8 Å². The van der Waals surface area contributed by atoms with E-state index in [2.05, 4.69) is 4.98 Å². The third kappa shape index (κ3) is 2.29. The summed E-state index contributed by atoms with van der Waals surface area (Å²) in [5, 5.41) is 2.95. The van der Waals surface area contributed by atoms with Gasteiger partial charge in [-0.25, -0.2) is 4.98 Å². The summed E-state index contributed by atoms with van der Waals surface area (Å²) in [6, 6.07) is 9.76. The molecular weight excluding hydrogens is 182 g/mol. The summed E-state index contributed by atoms with van der Waals surface area (Å²) in [4.78, 5) is 4.12. The molecule has 0 N–H and O–H groups in total. The van der Waals surface area contributed by atoms with Crippen molar-refractivity contribution in [3.05, 3.63) is 46.9 Å². The molecule has 0 unspecified atom stereocenters. The third-order valence-electron chi connectivity index (χ3n) is 1.59. The molecule has 0 radical (unpaired) electrons. The maximum Gasteiger partial charge on any atom is 0.140 e. The van der Waals surface area contributed by atoms with Crippen LogP contribution in [-0.4, -0.2) is 4.98 Å². The number of hydrogen-bond donors (Lipinski definition) is 0. The zero-order chi connectivity index (χ0) is 8.93. The van der Waals surface area contributed by atoms with E-state index in [1.165, 1.54) is 0 Å². The molecule has 0 aliphatic rings. The average molecular weight is 191 g/mol. The summed E-state index contributed by atoms with van der Waals surface area (Å²) in [5.74, 6) is 0.887.